The molecule has 2 aromatic rings. The van der Waals surface area contributed by atoms with Gasteiger partial charge in [0, 0.05) is 37.8 Å². The van der Waals surface area contributed by atoms with E-state index in [2.05, 4.69) is 28.2 Å². The Balaban J connectivity index is 2.12. The smallest absolute Gasteiger partial charge is 0.0638 e. The number of rotatable bonds is 6. The van der Waals surface area contributed by atoms with Crippen LogP contribution in [0.5, 0.6) is 0 Å². The van der Waals surface area contributed by atoms with Gasteiger partial charge in [-0.2, -0.15) is 0 Å². The molecule has 1 heterocycles. The Morgan fingerprint density at radius 2 is 2.17 bits per heavy atom. The number of ether oxygens (including phenoxy) is 1. The van der Waals surface area contributed by atoms with E-state index in [0.29, 0.717) is 6.61 Å². The number of para-hydroxylation sites is 1. The van der Waals surface area contributed by atoms with Crippen LogP contribution in [0.4, 0.5) is 0 Å². The van der Waals surface area contributed by atoms with E-state index in [9.17, 15) is 5.11 Å². The zero-order valence-corrected chi connectivity index (χ0v) is 10.9. The Bertz CT molecular complexity index is 507. The minimum Gasteiger partial charge on any atom is -0.395 e. The molecule has 0 radical (unpaired) electrons. The van der Waals surface area contributed by atoms with Crippen molar-refractivity contribution < 1.29 is 9.84 Å². The molecular weight excluding hydrogens is 228 g/mol. The predicted octanol–water partition coefficient (Wildman–Crippen LogP) is 1.28. The van der Waals surface area contributed by atoms with Gasteiger partial charge in [-0.1, -0.05) is 18.2 Å². The fourth-order valence-electron chi connectivity index (χ4n) is 2.20. The first-order valence-electron chi connectivity index (χ1n) is 6.12. The highest BCUT2D eigenvalue weighted by atomic mass is 16.5. The lowest BCUT2D eigenvalue weighted by atomic mass is 10.1. The number of aliphatic hydroxyl groups excluding tert-OH is 1. The quantitative estimate of drug-likeness (QED) is 0.809. The molecule has 0 saturated heterocycles. The zero-order valence-electron chi connectivity index (χ0n) is 10.9. The highest BCUT2D eigenvalue weighted by molar-refractivity contribution is 5.83. The number of benzene rings is 1. The van der Waals surface area contributed by atoms with Crippen LogP contribution in [0.3, 0.4) is 0 Å². The molecule has 0 saturated carbocycles. The summed E-state index contributed by atoms with van der Waals surface area (Å²) in [7, 11) is 3.69. The van der Waals surface area contributed by atoms with E-state index in [4.69, 9.17) is 4.74 Å². The second-order valence-corrected chi connectivity index (χ2v) is 4.50. The molecule has 0 aliphatic rings. The van der Waals surface area contributed by atoms with E-state index < -0.39 is 0 Å². The van der Waals surface area contributed by atoms with E-state index in [-0.39, 0.29) is 12.6 Å². The van der Waals surface area contributed by atoms with Crippen LogP contribution in [0, 0.1) is 0 Å². The van der Waals surface area contributed by atoms with Crippen molar-refractivity contribution in [3.63, 3.8) is 0 Å². The lowest BCUT2D eigenvalue weighted by Crippen LogP contribution is -2.35. The number of aliphatic hydroxyl groups is 1. The fraction of sp³-hybridized carbons (Fsp3) is 0.429. The normalized spacial score (nSPS) is 13.1. The van der Waals surface area contributed by atoms with Crippen LogP contribution >= 0.6 is 0 Å². The van der Waals surface area contributed by atoms with Gasteiger partial charge in [-0.25, -0.2) is 0 Å². The van der Waals surface area contributed by atoms with Crippen LogP contribution < -0.4 is 5.32 Å². The van der Waals surface area contributed by atoms with Gasteiger partial charge in [0.25, 0.3) is 0 Å². The van der Waals surface area contributed by atoms with E-state index in [1.807, 2.05) is 19.2 Å². The summed E-state index contributed by atoms with van der Waals surface area (Å²) in [6.45, 7) is 1.33. The first-order valence-corrected chi connectivity index (χ1v) is 6.12. The molecule has 2 N–H and O–H groups in total. The van der Waals surface area contributed by atoms with Crippen molar-refractivity contribution >= 4 is 10.9 Å². The minimum absolute atomic E-state index is 0.0195. The highest BCUT2D eigenvalue weighted by Gasteiger charge is 2.09. The van der Waals surface area contributed by atoms with Crippen LogP contribution in [0.2, 0.25) is 0 Å². The van der Waals surface area contributed by atoms with Crippen molar-refractivity contribution in [3.8, 4) is 0 Å². The topological polar surface area (TPSA) is 46.4 Å². The third kappa shape index (κ3) is 2.72. The second-order valence-electron chi connectivity index (χ2n) is 4.50. The highest BCUT2D eigenvalue weighted by Crippen LogP contribution is 2.19. The monoisotopic (exact) mass is 248 g/mol. The van der Waals surface area contributed by atoms with Crippen molar-refractivity contribution in [1.82, 2.24) is 9.88 Å². The summed E-state index contributed by atoms with van der Waals surface area (Å²) in [5, 5.41) is 13.8. The number of aryl methyl sites for hydroxylation is 1. The Kier molecular flexibility index (Phi) is 4.36. The SMILES string of the molecule is COCC(CO)NCc1cn(C)c2ccccc12. The molecule has 0 bridgehead atoms. The van der Waals surface area contributed by atoms with E-state index in [0.717, 1.165) is 6.54 Å². The molecule has 0 aliphatic carbocycles. The Hall–Kier alpha value is -1.36. The van der Waals surface area contributed by atoms with Gasteiger partial charge >= 0.3 is 0 Å². The third-order valence-electron chi connectivity index (χ3n) is 3.15. The summed E-state index contributed by atoms with van der Waals surface area (Å²) < 4.78 is 7.17. The van der Waals surface area contributed by atoms with Gasteiger partial charge in [0.1, 0.15) is 0 Å². The Labute approximate surface area is 107 Å². The number of hydrogen-bond acceptors (Lipinski definition) is 3. The Morgan fingerprint density at radius 3 is 2.89 bits per heavy atom. The molecule has 4 nitrogen and oxygen atoms in total. The maximum Gasteiger partial charge on any atom is 0.0638 e. The summed E-state index contributed by atoms with van der Waals surface area (Å²) >= 11 is 0. The van der Waals surface area contributed by atoms with Crippen LogP contribution in [0.25, 0.3) is 10.9 Å². The van der Waals surface area contributed by atoms with Crippen molar-refractivity contribution in [1.29, 1.82) is 0 Å². The molecule has 18 heavy (non-hydrogen) atoms. The molecule has 1 atom stereocenters. The number of hydrogen-bond donors (Lipinski definition) is 2. The molecular formula is C14H20N2O2. The molecule has 0 spiro atoms. The first-order chi connectivity index (χ1) is 8.76. The van der Waals surface area contributed by atoms with Crippen LogP contribution in [-0.2, 0) is 18.3 Å². The van der Waals surface area contributed by atoms with Gasteiger partial charge in [0.05, 0.1) is 19.3 Å². The molecule has 1 unspecified atom stereocenters. The summed E-state index contributed by atoms with van der Waals surface area (Å²) in [6.07, 6.45) is 2.12. The van der Waals surface area contributed by atoms with Crippen molar-refractivity contribution in [3.05, 3.63) is 36.0 Å². The summed E-state index contributed by atoms with van der Waals surface area (Å²) in [5.41, 5.74) is 2.46. The predicted molar refractivity (Wildman–Crippen MR) is 72.5 cm³/mol. The lowest BCUT2D eigenvalue weighted by Gasteiger charge is -2.14. The summed E-state index contributed by atoms with van der Waals surface area (Å²) in [5.74, 6) is 0. The van der Waals surface area contributed by atoms with E-state index in [1.165, 1.54) is 16.5 Å². The van der Waals surface area contributed by atoms with Crippen molar-refractivity contribution in [2.75, 3.05) is 20.3 Å². The molecule has 0 fully saturated rings. The van der Waals surface area contributed by atoms with Gasteiger partial charge in [-0.3, -0.25) is 0 Å². The van der Waals surface area contributed by atoms with Crippen molar-refractivity contribution in [2.24, 2.45) is 7.05 Å². The second kappa shape index (κ2) is 6.00. The average Bonchev–Trinajstić information content (AvgIpc) is 2.72. The summed E-state index contributed by atoms with van der Waals surface area (Å²) in [4.78, 5) is 0. The third-order valence-corrected chi connectivity index (χ3v) is 3.15. The van der Waals surface area contributed by atoms with Gasteiger partial charge < -0.3 is 19.7 Å². The fourth-order valence-corrected chi connectivity index (χ4v) is 2.20. The first kappa shape index (κ1) is 13.1. The molecule has 98 valence electrons. The molecule has 1 aromatic carbocycles. The lowest BCUT2D eigenvalue weighted by molar-refractivity contribution is 0.128. The summed E-state index contributed by atoms with van der Waals surface area (Å²) in [6, 6.07) is 8.30. The van der Waals surface area contributed by atoms with Crippen LogP contribution in [0.15, 0.2) is 30.5 Å². The van der Waals surface area contributed by atoms with Crippen LogP contribution in [0.1, 0.15) is 5.56 Å². The molecule has 1 aromatic heterocycles. The van der Waals surface area contributed by atoms with Gasteiger partial charge in [0.15, 0.2) is 0 Å². The van der Waals surface area contributed by atoms with Gasteiger partial charge in [0.2, 0.25) is 0 Å². The maximum atomic E-state index is 9.21. The Morgan fingerprint density at radius 1 is 1.39 bits per heavy atom. The van der Waals surface area contributed by atoms with Gasteiger partial charge in [-0.15, -0.1) is 0 Å². The molecule has 0 amide bonds. The maximum absolute atomic E-state index is 9.21. The number of nitrogens with zero attached hydrogens (tertiary/aromatic N) is 1. The zero-order chi connectivity index (χ0) is 13.0. The molecule has 2 rings (SSSR count). The van der Waals surface area contributed by atoms with Crippen molar-refractivity contribution in [2.45, 2.75) is 12.6 Å². The molecule has 0 aliphatic heterocycles. The standard InChI is InChI=1S/C14H20N2O2/c1-16-8-11(7-15-12(9-17)10-18-2)13-5-3-4-6-14(13)16/h3-6,8,12,15,17H,7,9-10H2,1-2H3. The van der Waals surface area contributed by atoms with Gasteiger partial charge in [-0.05, 0) is 11.6 Å². The van der Waals surface area contributed by atoms with E-state index >= 15 is 0 Å². The van der Waals surface area contributed by atoms with Crippen LogP contribution in [-0.4, -0.2) is 36.0 Å². The number of nitrogens with one attached hydrogen (secondary N) is 1. The number of fused-ring (bicyclic) bond motifs is 1. The molecule has 4 heteroatoms. The largest absolute Gasteiger partial charge is 0.395 e. The van der Waals surface area contributed by atoms with E-state index in [1.54, 1.807) is 7.11 Å². The minimum atomic E-state index is -0.0195. The number of aromatic nitrogens is 1. The average molecular weight is 248 g/mol. The number of methoxy groups -OCH3 is 1.